The van der Waals surface area contributed by atoms with Crippen molar-refractivity contribution >= 4 is 5.78 Å². The number of nitrogens with one attached hydrogen (secondary N) is 1. The van der Waals surface area contributed by atoms with Crippen LogP contribution >= 0.6 is 0 Å². The molecule has 0 bridgehead atoms. The van der Waals surface area contributed by atoms with E-state index in [0.717, 1.165) is 51.8 Å². The molecule has 0 amide bonds. The van der Waals surface area contributed by atoms with Crippen LogP contribution in [0.2, 0.25) is 0 Å². The number of ketones is 1. The number of carbonyl (C=O) groups is 1. The summed E-state index contributed by atoms with van der Waals surface area (Å²) in [5, 5.41) is 3.30. The molecule has 3 nitrogen and oxygen atoms in total. The molecule has 2 fully saturated rings. The van der Waals surface area contributed by atoms with Crippen LogP contribution in [0.25, 0.3) is 0 Å². The van der Waals surface area contributed by atoms with Gasteiger partial charge in [0.15, 0.2) is 0 Å². The van der Waals surface area contributed by atoms with Crippen molar-refractivity contribution in [1.29, 1.82) is 0 Å². The largest absolute Gasteiger partial charge is 0.378 e. The molecule has 0 aromatic rings. The van der Waals surface area contributed by atoms with Gasteiger partial charge in [0, 0.05) is 18.9 Å². The number of Topliss-reactive ketones (excluding diaryl/α,β-unsaturated/α-hetero) is 1. The van der Waals surface area contributed by atoms with Crippen LogP contribution in [0.1, 0.15) is 44.9 Å². The van der Waals surface area contributed by atoms with Gasteiger partial charge in [-0.1, -0.05) is 0 Å². The third-order valence-corrected chi connectivity index (χ3v) is 3.77. The molecule has 2 heterocycles. The van der Waals surface area contributed by atoms with Crippen molar-refractivity contribution in [3.8, 4) is 0 Å². The zero-order chi connectivity index (χ0) is 11.2. The van der Waals surface area contributed by atoms with Gasteiger partial charge in [0.05, 0.1) is 6.10 Å². The van der Waals surface area contributed by atoms with Gasteiger partial charge < -0.3 is 10.1 Å². The van der Waals surface area contributed by atoms with Crippen LogP contribution in [0.15, 0.2) is 0 Å². The maximum atomic E-state index is 11.9. The molecule has 0 spiro atoms. The minimum atomic E-state index is 0.339. The first-order valence-corrected chi connectivity index (χ1v) is 6.71. The number of piperidine rings is 1. The average Bonchev–Trinajstić information content (AvgIpc) is 2.83. The monoisotopic (exact) mass is 225 g/mol. The number of ether oxygens (including phenoxy) is 1. The lowest BCUT2D eigenvalue weighted by Crippen LogP contribution is -2.31. The highest BCUT2D eigenvalue weighted by Crippen LogP contribution is 2.20. The van der Waals surface area contributed by atoms with Crippen molar-refractivity contribution in [2.45, 2.75) is 51.0 Å². The van der Waals surface area contributed by atoms with Gasteiger partial charge >= 0.3 is 0 Å². The van der Waals surface area contributed by atoms with Gasteiger partial charge in [0.2, 0.25) is 0 Å². The summed E-state index contributed by atoms with van der Waals surface area (Å²) in [6, 6.07) is 0. The first-order valence-electron chi connectivity index (χ1n) is 6.71. The van der Waals surface area contributed by atoms with E-state index < -0.39 is 0 Å². The molecule has 0 aromatic carbocycles. The Morgan fingerprint density at radius 1 is 1.25 bits per heavy atom. The van der Waals surface area contributed by atoms with E-state index in [1.807, 2.05) is 0 Å². The molecule has 16 heavy (non-hydrogen) atoms. The van der Waals surface area contributed by atoms with Crippen LogP contribution in [0.5, 0.6) is 0 Å². The van der Waals surface area contributed by atoms with E-state index in [1.165, 1.54) is 12.8 Å². The van der Waals surface area contributed by atoms with Crippen molar-refractivity contribution in [3.63, 3.8) is 0 Å². The molecular formula is C13H23NO2. The Hall–Kier alpha value is -0.410. The summed E-state index contributed by atoms with van der Waals surface area (Å²) < 4.78 is 5.56. The lowest BCUT2D eigenvalue weighted by Gasteiger charge is -2.21. The first kappa shape index (κ1) is 12.1. The fourth-order valence-electron chi connectivity index (χ4n) is 2.72. The molecule has 2 aliphatic rings. The lowest BCUT2D eigenvalue weighted by molar-refractivity contribution is -0.123. The smallest absolute Gasteiger partial charge is 0.136 e. The number of carbonyl (C=O) groups excluding carboxylic acids is 1. The molecule has 0 saturated carbocycles. The van der Waals surface area contributed by atoms with Gasteiger partial charge in [-0.05, 0) is 51.6 Å². The Bertz CT molecular complexity index is 218. The van der Waals surface area contributed by atoms with Gasteiger partial charge in [-0.15, -0.1) is 0 Å². The van der Waals surface area contributed by atoms with Crippen LogP contribution < -0.4 is 5.32 Å². The Morgan fingerprint density at radius 2 is 2.06 bits per heavy atom. The van der Waals surface area contributed by atoms with Crippen LogP contribution in [0, 0.1) is 5.92 Å². The maximum absolute atomic E-state index is 11.9. The molecule has 1 unspecified atom stereocenters. The van der Waals surface area contributed by atoms with Crippen molar-refractivity contribution < 1.29 is 9.53 Å². The van der Waals surface area contributed by atoms with Gasteiger partial charge in [-0.3, -0.25) is 4.79 Å². The summed E-state index contributed by atoms with van der Waals surface area (Å²) >= 11 is 0. The summed E-state index contributed by atoms with van der Waals surface area (Å²) in [5.74, 6) is 0.824. The normalized spacial score (nSPS) is 27.1. The predicted octanol–water partition coefficient (Wildman–Crippen LogP) is 1.90. The van der Waals surface area contributed by atoms with Crippen molar-refractivity contribution in [2.75, 3.05) is 19.7 Å². The summed E-state index contributed by atoms with van der Waals surface area (Å²) in [4.78, 5) is 11.9. The molecule has 3 heteroatoms. The molecule has 92 valence electrons. The fourth-order valence-corrected chi connectivity index (χ4v) is 2.72. The SMILES string of the molecule is O=C(CCCC1CCCO1)C1CCNCC1. The standard InChI is InChI=1S/C13H23NO2/c15-13(11-6-8-14-9-7-11)5-1-3-12-4-2-10-16-12/h11-12,14H,1-10H2. The second-order valence-electron chi connectivity index (χ2n) is 5.02. The minimum absolute atomic E-state index is 0.339. The van der Waals surface area contributed by atoms with Crippen LogP contribution in [-0.2, 0) is 9.53 Å². The van der Waals surface area contributed by atoms with Gasteiger partial charge in [0.1, 0.15) is 5.78 Å². The molecule has 0 aliphatic carbocycles. The molecule has 0 aromatic heterocycles. The maximum Gasteiger partial charge on any atom is 0.136 e. The van der Waals surface area contributed by atoms with Crippen molar-refractivity contribution in [2.24, 2.45) is 5.92 Å². The molecule has 2 saturated heterocycles. The first-order chi connectivity index (χ1) is 7.86. The van der Waals surface area contributed by atoms with Crippen LogP contribution in [-0.4, -0.2) is 31.6 Å². The van der Waals surface area contributed by atoms with Gasteiger partial charge in [-0.25, -0.2) is 0 Å². The third-order valence-electron chi connectivity index (χ3n) is 3.77. The minimum Gasteiger partial charge on any atom is -0.378 e. The Balaban J connectivity index is 1.59. The molecule has 2 rings (SSSR count). The van der Waals surface area contributed by atoms with Crippen molar-refractivity contribution in [1.82, 2.24) is 5.32 Å². The second-order valence-corrected chi connectivity index (χ2v) is 5.02. The molecular weight excluding hydrogens is 202 g/mol. The van der Waals surface area contributed by atoms with Gasteiger partial charge in [-0.2, -0.15) is 0 Å². The van der Waals surface area contributed by atoms with E-state index in [-0.39, 0.29) is 0 Å². The highest BCUT2D eigenvalue weighted by atomic mass is 16.5. The van der Waals surface area contributed by atoms with Crippen LogP contribution in [0.3, 0.4) is 0 Å². The van der Waals surface area contributed by atoms with E-state index in [0.29, 0.717) is 17.8 Å². The van der Waals surface area contributed by atoms with Crippen molar-refractivity contribution in [3.05, 3.63) is 0 Å². The molecule has 1 N–H and O–H groups in total. The number of hydrogen-bond acceptors (Lipinski definition) is 3. The van der Waals surface area contributed by atoms with E-state index in [1.54, 1.807) is 0 Å². The third kappa shape index (κ3) is 3.56. The van der Waals surface area contributed by atoms with E-state index in [4.69, 9.17) is 4.74 Å². The van der Waals surface area contributed by atoms with E-state index in [2.05, 4.69) is 5.32 Å². The van der Waals surface area contributed by atoms with Gasteiger partial charge in [0.25, 0.3) is 0 Å². The predicted molar refractivity (Wildman–Crippen MR) is 63.4 cm³/mol. The zero-order valence-electron chi connectivity index (χ0n) is 10.0. The zero-order valence-corrected chi connectivity index (χ0v) is 10.0. The Morgan fingerprint density at radius 3 is 2.75 bits per heavy atom. The number of hydrogen-bond donors (Lipinski definition) is 1. The van der Waals surface area contributed by atoms with E-state index >= 15 is 0 Å². The molecule has 1 atom stereocenters. The Kier molecular flexibility index (Phi) is 4.79. The average molecular weight is 225 g/mol. The summed E-state index contributed by atoms with van der Waals surface area (Å²) in [6.45, 7) is 2.96. The van der Waals surface area contributed by atoms with Crippen LogP contribution in [0.4, 0.5) is 0 Å². The molecule has 0 radical (unpaired) electrons. The second kappa shape index (κ2) is 6.36. The lowest BCUT2D eigenvalue weighted by atomic mass is 9.90. The van der Waals surface area contributed by atoms with E-state index in [9.17, 15) is 4.79 Å². The summed E-state index contributed by atoms with van der Waals surface area (Å²) in [7, 11) is 0. The highest BCUT2D eigenvalue weighted by molar-refractivity contribution is 5.81. The topological polar surface area (TPSA) is 38.3 Å². The quantitative estimate of drug-likeness (QED) is 0.776. The molecule has 2 aliphatic heterocycles. The summed E-state index contributed by atoms with van der Waals surface area (Å²) in [6.07, 6.45) is 7.79. The fraction of sp³-hybridized carbons (Fsp3) is 0.923. The Labute approximate surface area is 97.9 Å². The summed E-state index contributed by atoms with van der Waals surface area (Å²) in [5.41, 5.74) is 0. The highest BCUT2D eigenvalue weighted by Gasteiger charge is 2.21. The number of rotatable bonds is 5.